The number of hydrogen-bond acceptors (Lipinski definition) is 4. The lowest BCUT2D eigenvalue weighted by Crippen LogP contribution is -2.05. The predicted octanol–water partition coefficient (Wildman–Crippen LogP) is 9.27. The van der Waals surface area contributed by atoms with Crippen LogP contribution in [0.2, 0.25) is 0 Å². The summed E-state index contributed by atoms with van der Waals surface area (Å²) >= 11 is 0. The molecule has 0 atom stereocenters. The van der Waals surface area contributed by atoms with E-state index >= 15 is 0 Å². The van der Waals surface area contributed by atoms with Crippen molar-refractivity contribution in [3.05, 3.63) is 169 Å². The first-order chi connectivity index (χ1) is 21.4. The number of aromatic nitrogens is 1. The van der Waals surface area contributed by atoms with Crippen LogP contribution in [-0.2, 0) is 0 Å². The van der Waals surface area contributed by atoms with Gasteiger partial charge in [-0.2, -0.15) is 0 Å². The second-order valence-electron chi connectivity index (χ2n) is 9.74. The van der Waals surface area contributed by atoms with Crippen LogP contribution in [0.25, 0.3) is 22.2 Å². The molecular formula is C39H41N5. The molecule has 1 aromatic heterocycles. The first-order valence-corrected chi connectivity index (χ1v) is 14.4. The number of nitrogens with two attached hydrogens (primary N) is 1. The number of nitrogens with one attached hydrogen (secondary N) is 1. The molecule has 0 amide bonds. The van der Waals surface area contributed by atoms with Crippen LogP contribution >= 0.6 is 0 Å². The second-order valence-corrected chi connectivity index (χ2v) is 9.74. The molecule has 44 heavy (non-hydrogen) atoms. The smallest absolute Gasteiger partial charge is 0.0679 e. The zero-order valence-electron chi connectivity index (χ0n) is 26.0. The first-order valence-electron chi connectivity index (χ1n) is 14.4. The van der Waals surface area contributed by atoms with Crippen molar-refractivity contribution < 1.29 is 0 Å². The maximum absolute atomic E-state index is 7.21. The fourth-order valence-corrected chi connectivity index (χ4v) is 4.52. The summed E-state index contributed by atoms with van der Waals surface area (Å²) in [5.74, 6) is 0. The van der Waals surface area contributed by atoms with E-state index in [1.165, 1.54) is 12.4 Å². The zero-order valence-corrected chi connectivity index (χ0v) is 26.0. The van der Waals surface area contributed by atoms with Gasteiger partial charge in [-0.3, -0.25) is 9.98 Å². The quantitative estimate of drug-likeness (QED) is 0.154. The lowest BCUT2D eigenvalue weighted by molar-refractivity contribution is 1.13. The van der Waals surface area contributed by atoms with Crippen molar-refractivity contribution in [2.45, 2.75) is 20.8 Å². The molecule has 2 aromatic carbocycles. The molecule has 0 fully saturated rings. The van der Waals surface area contributed by atoms with Crippen molar-refractivity contribution >= 4 is 39.8 Å². The minimum absolute atomic E-state index is 0.732. The van der Waals surface area contributed by atoms with Gasteiger partial charge in [-0.25, -0.2) is 0 Å². The monoisotopic (exact) mass is 579 g/mol. The van der Waals surface area contributed by atoms with E-state index in [-0.39, 0.29) is 0 Å². The van der Waals surface area contributed by atoms with Gasteiger partial charge in [0, 0.05) is 30.1 Å². The van der Waals surface area contributed by atoms with Gasteiger partial charge >= 0.3 is 0 Å². The van der Waals surface area contributed by atoms with E-state index in [4.69, 9.17) is 16.1 Å². The van der Waals surface area contributed by atoms with Gasteiger partial charge in [-0.05, 0) is 86.2 Å². The minimum Gasteiger partial charge on any atom is -0.405 e. The Bertz CT molecular complexity index is 1760. The molecule has 0 unspecified atom stereocenters. The fourth-order valence-electron chi connectivity index (χ4n) is 4.52. The molecule has 3 N–H and O–H groups in total. The molecule has 0 radical (unpaired) electrons. The summed E-state index contributed by atoms with van der Waals surface area (Å²) in [6.45, 7) is 10.4. The number of hydrogen-bond donors (Lipinski definition) is 2. The molecule has 1 heterocycles. The summed E-state index contributed by atoms with van der Waals surface area (Å²) in [5.41, 5.74) is 13.9. The number of allylic oxidation sites excluding steroid dienone is 15. The standard InChI is InChI=1S/C39H41N5/c1-6-19-36(43-32(4)33-21-11-10-12-22-33)31(3)39-28-34-23-14-15-25-38(34)44(39)35(24-13-8-7-9-17-26-40)29-37(42-5)30(2)20-16-18-27-41/h6-29,40H,2,41H2,1,3-5H3/b8-7+,17-9-,19-6-,20-16-,24-13+,27-18-,35-29+,36-31+,40-26?,42-37?,43-32?. The SMILES string of the molecule is C=C(/C=C\C=C/N)C(\C=C(/C=C/C=C/C=C\C=N)n1c(/C(C)=C(\C=C/C)N=C(C)c2ccccc2)cc2ccccc21)=NC. The zero-order chi connectivity index (χ0) is 31.7. The number of fused-ring (bicyclic) bond motifs is 1. The average molecular weight is 580 g/mol. The Labute approximate surface area is 261 Å². The molecule has 0 aliphatic carbocycles. The van der Waals surface area contributed by atoms with Crippen molar-refractivity contribution in [2.24, 2.45) is 15.7 Å². The van der Waals surface area contributed by atoms with Crippen molar-refractivity contribution in [1.82, 2.24) is 4.57 Å². The van der Waals surface area contributed by atoms with Crippen LogP contribution in [0.15, 0.2) is 168 Å². The predicted molar refractivity (Wildman–Crippen MR) is 193 cm³/mol. The van der Waals surface area contributed by atoms with Crippen LogP contribution in [0, 0.1) is 5.41 Å². The van der Waals surface area contributed by atoms with Crippen molar-refractivity contribution in [3.8, 4) is 0 Å². The van der Waals surface area contributed by atoms with Crippen LogP contribution in [0.3, 0.4) is 0 Å². The largest absolute Gasteiger partial charge is 0.405 e. The molecule has 5 nitrogen and oxygen atoms in total. The van der Waals surface area contributed by atoms with Gasteiger partial charge in [0.05, 0.1) is 22.6 Å². The maximum Gasteiger partial charge on any atom is 0.0679 e. The van der Waals surface area contributed by atoms with Gasteiger partial charge in [0.1, 0.15) is 0 Å². The van der Waals surface area contributed by atoms with Crippen LogP contribution < -0.4 is 5.73 Å². The Morgan fingerprint density at radius 1 is 0.864 bits per heavy atom. The highest BCUT2D eigenvalue weighted by atomic mass is 15.0. The van der Waals surface area contributed by atoms with Crippen LogP contribution in [0.1, 0.15) is 32.0 Å². The normalized spacial score (nSPS) is 14.4. The summed E-state index contributed by atoms with van der Waals surface area (Å²) in [7, 11) is 1.76. The number of para-hydroxylation sites is 1. The van der Waals surface area contributed by atoms with Crippen molar-refractivity contribution in [3.63, 3.8) is 0 Å². The number of aliphatic imine (C=N–C) groups is 2. The van der Waals surface area contributed by atoms with Crippen molar-refractivity contribution in [1.29, 1.82) is 5.41 Å². The Balaban J connectivity index is 2.33. The number of nitrogens with zero attached hydrogens (tertiary/aromatic N) is 3. The van der Waals surface area contributed by atoms with Crippen LogP contribution in [-0.4, -0.2) is 29.3 Å². The average Bonchev–Trinajstić information content (AvgIpc) is 3.43. The summed E-state index contributed by atoms with van der Waals surface area (Å²) in [5, 5.41) is 8.32. The van der Waals surface area contributed by atoms with E-state index in [1.54, 1.807) is 19.2 Å². The lowest BCUT2D eigenvalue weighted by Gasteiger charge is -2.15. The lowest BCUT2D eigenvalue weighted by atomic mass is 10.1. The van der Waals surface area contributed by atoms with Crippen molar-refractivity contribution in [2.75, 3.05) is 7.05 Å². The molecule has 0 bridgehead atoms. The van der Waals surface area contributed by atoms with E-state index < -0.39 is 0 Å². The number of rotatable bonds is 13. The van der Waals surface area contributed by atoms with Gasteiger partial charge in [-0.1, -0.05) is 97.6 Å². The van der Waals surface area contributed by atoms with Gasteiger partial charge in [-0.15, -0.1) is 0 Å². The summed E-state index contributed by atoms with van der Waals surface area (Å²) in [6, 6.07) is 20.8. The Morgan fingerprint density at radius 2 is 1.55 bits per heavy atom. The topological polar surface area (TPSA) is 79.5 Å². The molecule has 3 rings (SSSR count). The molecule has 0 spiro atoms. The highest BCUT2D eigenvalue weighted by molar-refractivity contribution is 6.13. The van der Waals surface area contributed by atoms with E-state index in [0.717, 1.165) is 56.1 Å². The third kappa shape index (κ3) is 8.97. The maximum atomic E-state index is 7.21. The Hall–Kier alpha value is -5.55. The van der Waals surface area contributed by atoms with Crippen LogP contribution in [0.4, 0.5) is 0 Å². The van der Waals surface area contributed by atoms with E-state index in [2.05, 4.69) is 59.5 Å². The highest BCUT2D eigenvalue weighted by Gasteiger charge is 2.16. The Morgan fingerprint density at radius 3 is 2.25 bits per heavy atom. The molecule has 3 aromatic rings. The Kier molecular flexibility index (Phi) is 13.0. The highest BCUT2D eigenvalue weighted by Crippen LogP contribution is 2.32. The molecule has 0 saturated carbocycles. The fraction of sp³-hybridized carbons (Fsp3) is 0.103. The third-order valence-electron chi connectivity index (χ3n) is 6.72. The third-order valence-corrected chi connectivity index (χ3v) is 6.72. The summed E-state index contributed by atoms with van der Waals surface area (Å²) < 4.78 is 2.24. The second kappa shape index (κ2) is 17.4. The van der Waals surface area contributed by atoms with Gasteiger partial charge in [0.25, 0.3) is 0 Å². The van der Waals surface area contributed by atoms with E-state index in [1.807, 2.05) is 98.9 Å². The molecule has 222 valence electrons. The molecule has 0 aliphatic heterocycles. The minimum atomic E-state index is 0.732. The first kappa shape index (κ1) is 33.0. The van der Waals surface area contributed by atoms with Gasteiger partial charge < -0.3 is 15.7 Å². The van der Waals surface area contributed by atoms with Gasteiger partial charge in [0.2, 0.25) is 0 Å². The van der Waals surface area contributed by atoms with Gasteiger partial charge in [0.15, 0.2) is 0 Å². The number of benzene rings is 2. The molecule has 0 aliphatic rings. The molecular weight excluding hydrogens is 538 g/mol. The molecule has 0 saturated heterocycles. The van der Waals surface area contributed by atoms with Crippen LogP contribution in [0.5, 0.6) is 0 Å². The summed E-state index contributed by atoms with van der Waals surface area (Å²) in [6.07, 6.45) is 25.7. The summed E-state index contributed by atoms with van der Waals surface area (Å²) in [4.78, 5) is 9.66. The van der Waals surface area contributed by atoms with E-state index in [0.29, 0.717) is 0 Å². The molecule has 5 heteroatoms. The van der Waals surface area contributed by atoms with E-state index in [9.17, 15) is 0 Å².